The predicted molar refractivity (Wildman–Crippen MR) is 183 cm³/mol. The van der Waals surface area contributed by atoms with Gasteiger partial charge in [-0.25, -0.2) is 4.98 Å². The molecule has 0 radical (unpaired) electrons. The average molecular weight is 652 g/mol. The van der Waals surface area contributed by atoms with Gasteiger partial charge in [0.15, 0.2) is 0 Å². The topological polar surface area (TPSA) is 154 Å². The maximum absolute atomic E-state index is 14.5. The second kappa shape index (κ2) is 17.9. The van der Waals surface area contributed by atoms with E-state index < -0.39 is 18.1 Å². The number of rotatable bonds is 17. The van der Waals surface area contributed by atoms with E-state index in [0.717, 1.165) is 22.4 Å². The number of nitrogens with two attached hydrogens (primary N) is 1. The number of ether oxygens (including phenoxy) is 1. The van der Waals surface area contributed by atoms with E-state index in [1.54, 1.807) is 17.4 Å². The zero-order valence-electron chi connectivity index (χ0n) is 27.1. The fourth-order valence-electron chi connectivity index (χ4n) is 5.86. The van der Waals surface area contributed by atoms with Crippen LogP contribution >= 0.6 is 0 Å². The van der Waals surface area contributed by atoms with Crippen LogP contribution < -0.4 is 21.7 Å². The molecule has 3 aromatic carbocycles. The van der Waals surface area contributed by atoms with Crippen LogP contribution in [-0.2, 0) is 45.1 Å². The lowest BCUT2D eigenvalue weighted by molar-refractivity contribution is -0.141. The van der Waals surface area contributed by atoms with Crippen molar-refractivity contribution in [2.75, 3.05) is 19.6 Å². The first-order valence-corrected chi connectivity index (χ1v) is 16.5. The predicted octanol–water partition coefficient (Wildman–Crippen LogP) is 2.49. The Bertz CT molecular complexity index is 1550. The normalized spacial score (nSPS) is 17.1. The van der Waals surface area contributed by atoms with Gasteiger partial charge < -0.3 is 36.3 Å². The third-order valence-corrected chi connectivity index (χ3v) is 8.45. The van der Waals surface area contributed by atoms with Crippen LogP contribution in [0.1, 0.15) is 35.2 Å². The van der Waals surface area contributed by atoms with Crippen molar-refractivity contribution in [2.24, 2.45) is 5.73 Å². The van der Waals surface area contributed by atoms with E-state index in [0.29, 0.717) is 45.5 Å². The molecule has 11 heteroatoms. The van der Waals surface area contributed by atoms with E-state index in [9.17, 15) is 14.4 Å². The standard InChI is InChI=1S/C37H45N7O4/c38-17-10-18-40-36(46)34-21-31(48-25-29-15-8-3-9-16-29)24-44(34)37(47)33(19-27-11-4-1-5-12-27)43-35(45)32(20-30-23-39-26-42-30)41-22-28-13-6-2-7-14-28/h1-9,11-16,23,26,31-34,41H,10,17-22,24-25,38H2,(H,39,42)(H,40,46)(H,43,45)/t31-,32-,33+,34?/m0/s1. The number of carbonyl (C=O) groups is 3. The number of nitrogens with one attached hydrogen (secondary N) is 4. The van der Waals surface area contributed by atoms with Gasteiger partial charge in [0, 0.05) is 50.8 Å². The quantitative estimate of drug-likeness (QED) is 0.110. The van der Waals surface area contributed by atoms with Gasteiger partial charge in [-0.15, -0.1) is 0 Å². The molecule has 1 saturated heterocycles. The van der Waals surface area contributed by atoms with Gasteiger partial charge >= 0.3 is 0 Å². The van der Waals surface area contributed by atoms with Crippen molar-refractivity contribution in [1.29, 1.82) is 0 Å². The molecule has 4 aromatic rings. The number of nitrogens with zero attached hydrogens (tertiary/aromatic N) is 2. The first-order chi connectivity index (χ1) is 23.5. The minimum atomic E-state index is -0.921. The molecule has 2 heterocycles. The minimum absolute atomic E-state index is 0.228. The summed E-state index contributed by atoms with van der Waals surface area (Å²) in [6.07, 6.45) is 4.48. The van der Waals surface area contributed by atoms with Gasteiger partial charge in [0.05, 0.1) is 25.1 Å². The highest BCUT2D eigenvalue weighted by atomic mass is 16.5. The molecule has 0 bridgehead atoms. The van der Waals surface area contributed by atoms with Gasteiger partial charge in [0.25, 0.3) is 0 Å². The van der Waals surface area contributed by atoms with E-state index in [-0.39, 0.29) is 36.8 Å². The molecule has 5 rings (SSSR count). The van der Waals surface area contributed by atoms with Crippen molar-refractivity contribution in [3.8, 4) is 0 Å². The number of likely N-dealkylation sites (tertiary alicyclic amines) is 1. The molecule has 1 aliphatic heterocycles. The van der Waals surface area contributed by atoms with Crippen molar-refractivity contribution in [3.63, 3.8) is 0 Å². The van der Waals surface area contributed by atoms with Crippen LogP contribution in [0.5, 0.6) is 0 Å². The molecule has 0 spiro atoms. The number of aromatic nitrogens is 2. The molecule has 1 aliphatic rings. The molecule has 3 amide bonds. The third-order valence-electron chi connectivity index (χ3n) is 8.45. The van der Waals surface area contributed by atoms with Crippen molar-refractivity contribution in [1.82, 2.24) is 30.8 Å². The number of H-pyrrole nitrogens is 1. The van der Waals surface area contributed by atoms with Gasteiger partial charge in [0.1, 0.15) is 12.1 Å². The Kier molecular flexibility index (Phi) is 12.9. The zero-order valence-corrected chi connectivity index (χ0v) is 27.1. The Hall–Kier alpha value is -4.84. The van der Waals surface area contributed by atoms with Crippen LogP contribution in [0.3, 0.4) is 0 Å². The lowest BCUT2D eigenvalue weighted by Crippen LogP contribution is -2.57. The summed E-state index contributed by atoms with van der Waals surface area (Å²) in [5.41, 5.74) is 9.36. The van der Waals surface area contributed by atoms with Crippen LogP contribution in [0.25, 0.3) is 0 Å². The minimum Gasteiger partial charge on any atom is -0.372 e. The summed E-state index contributed by atoms with van der Waals surface area (Å²) in [7, 11) is 0. The molecule has 0 aliphatic carbocycles. The summed E-state index contributed by atoms with van der Waals surface area (Å²) in [5.74, 6) is -0.913. The van der Waals surface area contributed by atoms with E-state index in [2.05, 4.69) is 25.9 Å². The maximum Gasteiger partial charge on any atom is 0.246 e. The van der Waals surface area contributed by atoms with Crippen molar-refractivity contribution in [2.45, 2.75) is 63.1 Å². The largest absolute Gasteiger partial charge is 0.372 e. The molecular formula is C37H45N7O4. The molecule has 4 atom stereocenters. The lowest BCUT2D eigenvalue weighted by Gasteiger charge is -2.30. The number of hydrogen-bond donors (Lipinski definition) is 5. The smallest absolute Gasteiger partial charge is 0.246 e. The highest BCUT2D eigenvalue weighted by Crippen LogP contribution is 2.24. The average Bonchev–Trinajstić information content (AvgIpc) is 3.80. The van der Waals surface area contributed by atoms with Crippen LogP contribution in [-0.4, -0.2) is 76.5 Å². The van der Waals surface area contributed by atoms with Gasteiger partial charge in [-0.2, -0.15) is 0 Å². The van der Waals surface area contributed by atoms with Crippen molar-refractivity contribution >= 4 is 17.7 Å². The highest BCUT2D eigenvalue weighted by Gasteiger charge is 2.42. The molecule has 1 aromatic heterocycles. The van der Waals surface area contributed by atoms with Crippen molar-refractivity contribution < 1.29 is 19.1 Å². The molecule has 48 heavy (non-hydrogen) atoms. The third kappa shape index (κ3) is 10.1. The second-order valence-corrected chi connectivity index (χ2v) is 12.0. The highest BCUT2D eigenvalue weighted by molar-refractivity contribution is 5.94. The van der Waals surface area contributed by atoms with Crippen LogP contribution in [0.4, 0.5) is 0 Å². The first kappa shape index (κ1) is 34.5. The summed E-state index contributed by atoms with van der Waals surface area (Å²) in [6, 6.07) is 26.8. The Labute approximate surface area is 281 Å². The summed E-state index contributed by atoms with van der Waals surface area (Å²) in [6.45, 7) is 1.91. The number of aromatic amines is 1. The van der Waals surface area contributed by atoms with Crippen LogP contribution in [0.15, 0.2) is 104 Å². The molecule has 252 valence electrons. The Morgan fingerprint density at radius 3 is 2.21 bits per heavy atom. The summed E-state index contributed by atoms with van der Waals surface area (Å²) >= 11 is 0. The van der Waals surface area contributed by atoms with Gasteiger partial charge in [-0.1, -0.05) is 91.0 Å². The van der Waals surface area contributed by atoms with E-state index >= 15 is 0 Å². The number of carbonyl (C=O) groups excluding carboxylic acids is 3. The van der Waals surface area contributed by atoms with Gasteiger partial charge in [0.2, 0.25) is 17.7 Å². The number of benzene rings is 3. The first-order valence-electron chi connectivity index (χ1n) is 16.5. The molecule has 1 unspecified atom stereocenters. The second-order valence-electron chi connectivity index (χ2n) is 12.0. The monoisotopic (exact) mass is 651 g/mol. The van der Waals surface area contributed by atoms with Gasteiger partial charge in [-0.3, -0.25) is 14.4 Å². The maximum atomic E-state index is 14.5. The summed E-state index contributed by atoms with van der Waals surface area (Å²) in [5, 5.41) is 9.36. The Morgan fingerprint density at radius 1 is 0.896 bits per heavy atom. The van der Waals surface area contributed by atoms with Crippen molar-refractivity contribution in [3.05, 3.63) is 126 Å². The van der Waals surface area contributed by atoms with E-state index in [4.69, 9.17) is 10.5 Å². The Balaban J connectivity index is 1.36. The number of imidazole rings is 1. The number of amides is 3. The summed E-state index contributed by atoms with van der Waals surface area (Å²) < 4.78 is 6.22. The lowest BCUT2D eigenvalue weighted by atomic mass is 10.0. The van der Waals surface area contributed by atoms with E-state index in [1.807, 2.05) is 91.0 Å². The molecule has 1 fully saturated rings. The summed E-state index contributed by atoms with van der Waals surface area (Å²) in [4.78, 5) is 50.7. The van der Waals surface area contributed by atoms with Gasteiger partial charge in [-0.05, 0) is 29.7 Å². The zero-order chi connectivity index (χ0) is 33.6. The van der Waals surface area contributed by atoms with E-state index in [1.165, 1.54) is 0 Å². The molecule has 0 saturated carbocycles. The fourth-order valence-corrected chi connectivity index (χ4v) is 5.86. The Morgan fingerprint density at radius 2 is 1.56 bits per heavy atom. The van der Waals surface area contributed by atoms with Crippen LogP contribution in [0.2, 0.25) is 0 Å². The molecule has 6 N–H and O–H groups in total. The fraction of sp³-hybridized carbons (Fsp3) is 0.351. The molecule has 11 nitrogen and oxygen atoms in total. The SMILES string of the molecule is NCCCNC(=O)C1C[C@H](OCc2ccccc2)CN1C(=O)[C@@H](Cc1ccccc1)NC(=O)[C@H](Cc1cnc[nH]1)NCc1ccccc1. The number of hydrogen-bond acceptors (Lipinski definition) is 7. The van der Waals surface area contributed by atoms with Crippen LogP contribution in [0, 0.1) is 0 Å². The molecular weight excluding hydrogens is 606 g/mol.